The van der Waals surface area contributed by atoms with Crippen LogP contribution in [0.15, 0.2) is 36.4 Å². The monoisotopic (exact) mass is 621 g/mol. The number of methoxy groups -OCH3 is 1. The van der Waals surface area contributed by atoms with Crippen molar-refractivity contribution in [2.75, 3.05) is 35.3 Å². The van der Waals surface area contributed by atoms with Crippen molar-refractivity contribution < 1.29 is 23.3 Å². The molecule has 3 unspecified atom stereocenters. The van der Waals surface area contributed by atoms with E-state index in [1.165, 1.54) is 78.3 Å². The van der Waals surface area contributed by atoms with Crippen molar-refractivity contribution in [2.45, 2.75) is 57.4 Å². The molecule has 0 radical (unpaired) electrons. The quantitative estimate of drug-likeness (QED) is 0.414. The van der Waals surface area contributed by atoms with Gasteiger partial charge >= 0.3 is 11.8 Å². The maximum Gasteiger partial charge on any atom is 0.311 e. The molecule has 3 aliphatic rings. The molecule has 1 aliphatic heterocycles. The van der Waals surface area contributed by atoms with Gasteiger partial charge in [-0.05, 0) is 78.0 Å². The van der Waals surface area contributed by atoms with Gasteiger partial charge in [0.25, 0.3) is 5.91 Å². The number of hydrogen-bond donors (Lipinski definition) is 2. The van der Waals surface area contributed by atoms with Crippen LogP contribution < -0.4 is 15.2 Å². The van der Waals surface area contributed by atoms with Crippen molar-refractivity contribution >= 4 is 39.8 Å². The maximum atomic E-state index is 13.0. The van der Waals surface area contributed by atoms with Gasteiger partial charge in [-0.15, -0.1) is 0 Å². The number of nitrogens with zero attached hydrogens (tertiary/aromatic N) is 3. The zero-order chi connectivity index (χ0) is 31.9. The Morgan fingerprint density at radius 3 is 2.32 bits per heavy atom. The average molecular weight is 622 g/mol. The third-order valence-corrected chi connectivity index (χ3v) is 10.4. The number of aromatic nitrogens is 1. The van der Waals surface area contributed by atoms with Crippen molar-refractivity contribution in [3.63, 3.8) is 0 Å². The average Bonchev–Trinajstić information content (AvgIpc) is 3.58. The van der Waals surface area contributed by atoms with Gasteiger partial charge in [-0.3, -0.25) is 19.1 Å². The first-order valence-corrected chi connectivity index (χ1v) is 16.3. The summed E-state index contributed by atoms with van der Waals surface area (Å²) in [7, 11) is 8.04. The molecule has 0 spiro atoms. The normalized spacial score (nSPS) is 21.1. The molecule has 11 heteroatoms. The molecule has 3 aromatic rings. The third-order valence-electron chi connectivity index (χ3n) is 9.34. The molecule has 3 amide bonds. The first-order valence-electron chi connectivity index (χ1n) is 15.2. The van der Waals surface area contributed by atoms with Crippen LogP contribution in [0.4, 0.5) is 0 Å². The lowest BCUT2D eigenvalue weighted by Crippen LogP contribution is -2.34. The van der Waals surface area contributed by atoms with E-state index in [1.807, 2.05) is 12.1 Å². The van der Waals surface area contributed by atoms with Gasteiger partial charge in [0.15, 0.2) is 11.2 Å². The number of benzene rings is 2. The number of fused-ring (bicyclic) bond motifs is 7. The van der Waals surface area contributed by atoms with E-state index < -0.39 is 23.0 Å². The predicted octanol–water partition coefficient (Wildman–Crippen LogP) is 4.16. The Bertz CT molecular complexity index is 1620. The van der Waals surface area contributed by atoms with Crippen molar-refractivity contribution in [3.05, 3.63) is 53.1 Å². The van der Waals surface area contributed by atoms with E-state index in [9.17, 15) is 18.6 Å². The summed E-state index contributed by atoms with van der Waals surface area (Å²) >= 11 is -1.56. The van der Waals surface area contributed by atoms with Crippen LogP contribution in [0.25, 0.3) is 22.2 Å². The summed E-state index contributed by atoms with van der Waals surface area (Å²) in [6.07, 6.45) is 6.28. The van der Waals surface area contributed by atoms with Crippen molar-refractivity contribution in [1.82, 2.24) is 18.5 Å². The molecule has 3 N–H and O–H groups in total. The van der Waals surface area contributed by atoms with Crippen molar-refractivity contribution in [2.24, 2.45) is 17.6 Å². The van der Waals surface area contributed by atoms with Crippen LogP contribution in [0, 0.1) is 11.8 Å². The fraction of sp³-hybridized carbons (Fsp3) is 0.485. The summed E-state index contributed by atoms with van der Waals surface area (Å²) < 4.78 is 24.5. The number of hydrogen-bond acceptors (Lipinski definition) is 5. The van der Waals surface area contributed by atoms with Gasteiger partial charge < -0.3 is 19.9 Å². The number of nitrogens with one attached hydrogen (secondary N) is 1. The predicted molar refractivity (Wildman–Crippen MR) is 172 cm³/mol. The number of carbonyl (C=O) groups excluding carboxylic acids is 3. The number of amides is 3. The summed E-state index contributed by atoms with van der Waals surface area (Å²) in [5.41, 5.74) is 11.8. The van der Waals surface area contributed by atoms with Crippen molar-refractivity contribution in [1.29, 1.82) is 0 Å². The van der Waals surface area contributed by atoms with Gasteiger partial charge in [0, 0.05) is 56.8 Å². The van der Waals surface area contributed by atoms with Gasteiger partial charge in [-0.1, -0.05) is 32.3 Å². The zero-order valence-corrected chi connectivity index (χ0v) is 27.2. The molecule has 0 bridgehead atoms. The number of rotatable bonds is 5. The SMILES string of the molecule is CN(C)C(=O)C(N)=O.COc1ccc2c(c1)C1C(Cn3c-2c(C2CCCCC2)c2ccc(C(=O)NS(=O)N(C)C)cc23)[C@H]1C. The highest BCUT2D eigenvalue weighted by Gasteiger charge is 2.51. The molecule has 2 aliphatic carbocycles. The highest BCUT2D eigenvalue weighted by molar-refractivity contribution is 7.81. The van der Waals surface area contributed by atoms with Gasteiger partial charge in [-0.2, -0.15) is 0 Å². The fourth-order valence-corrected chi connectivity index (χ4v) is 7.42. The Morgan fingerprint density at radius 2 is 1.73 bits per heavy atom. The van der Waals surface area contributed by atoms with E-state index in [1.54, 1.807) is 21.2 Å². The Labute approximate surface area is 261 Å². The van der Waals surface area contributed by atoms with E-state index in [-0.39, 0.29) is 5.91 Å². The van der Waals surface area contributed by atoms with Gasteiger partial charge in [0.05, 0.1) is 12.8 Å². The summed E-state index contributed by atoms with van der Waals surface area (Å²) in [4.78, 5) is 34.4. The largest absolute Gasteiger partial charge is 0.497 e. The van der Waals surface area contributed by atoms with E-state index >= 15 is 0 Å². The van der Waals surface area contributed by atoms with Crippen LogP contribution in [0.5, 0.6) is 5.75 Å². The van der Waals surface area contributed by atoms with Crippen LogP contribution in [0.1, 0.15) is 72.3 Å². The Hall–Kier alpha value is -3.70. The summed E-state index contributed by atoms with van der Waals surface area (Å²) in [5.74, 6) is 1.27. The van der Waals surface area contributed by atoms with E-state index in [0.29, 0.717) is 29.2 Å². The number of primary amides is 1. The second kappa shape index (κ2) is 12.7. The molecule has 10 nitrogen and oxygen atoms in total. The summed E-state index contributed by atoms with van der Waals surface area (Å²) in [6.45, 7) is 3.31. The van der Waals surface area contributed by atoms with Crippen LogP contribution in [-0.4, -0.2) is 71.0 Å². The number of carbonyl (C=O) groups is 3. The second-order valence-electron chi connectivity index (χ2n) is 12.5. The van der Waals surface area contributed by atoms with Crippen molar-refractivity contribution in [3.8, 4) is 17.0 Å². The molecule has 6 rings (SSSR count). The number of nitrogens with two attached hydrogens (primary N) is 1. The number of ether oxygens (including phenoxy) is 1. The molecule has 2 fully saturated rings. The molecule has 0 saturated heterocycles. The highest BCUT2D eigenvalue weighted by atomic mass is 32.2. The van der Waals surface area contributed by atoms with E-state index in [0.717, 1.165) is 22.7 Å². The van der Waals surface area contributed by atoms with Gasteiger partial charge in [0.2, 0.25) is 0 Å². The van der Waals surface area contributed by atoms with Crippen LogP contribution in [-0.2, 0) is 27.3 Å². The minimum Gasteiger partial charge on any atom is -0.497 e. The minimum absolute atomic E-state index is 0.310. The first-order chi connectivity index (χ1) is 20.9. The van der Waals surface area contributed by atoms with Crippen LogP contribution >= 0.6 is 0 Å². The highest BCUT2D eigenvalue weighted by Crippen LogP contribution is 2.61. The smallest absolute Gasteiger partial charge is 0.311 e. The van der Waals surface area contributed by atoms with Crippen LogP contribution in [0.3, 0.4) is 0 Å². The van der Waals surface area contributed by atoms with Gasteiger partial charge in [-0.25, -0.2) is 8.51 Å². The fourth-order valence-electron chi connectivity index (χ4n) is 6.96. The summed E-state index contributed by atoms with van der Waals surface area (Å²) in [6, 6.07) is 12.6. The van der Waals surface area contributed by atoms with Gasteiger partial charge in [0.1, 0.15) is 5.75 Å². The third kappa shape index (κ3) is 5.99. The summed E-state index contributed by atoms with van der Waals surface area (Å²) in [5, 5.41) is 1.26. The molecule has 1 aromatic heterocycles. The minimum atomic E-state index is -1.56. The molecule has 236 valence electrons. The molecular weight excluding hydrogens is 578 g/mol. The second-order valence-corrected chi connectivity index (χ2v) is 13.9. The lowest BCUT2D eigenvalue weighted by Gasteiger charge is -2.24. The Kier molecular flexibility index (Phi) is 9.17. The molecule has 2 aromatic carbocycles. The number of likely N-dealkylation sites (N-methyl/N-ethyl adjacent to an activating group) is 1. The topological polar surface area (TPSA) is 127 Å². The first kappa shape index (κ1) is 31.7. The molecule has 44 heavy (non-hydrogen) atoms. The zero-order valence-electron chi connectivity index (χ0n) is 26.4. The van der Waals surface area contributed by atoms with Crippen LogP contribution in [0.2, 0.25) is 0 Å². The molecule has 4 atom stereocenters. The standard InChI is InChI=1S/C29H35N3O3S.C4H8N2O2/c1-17-24-16-32-25-14-19(29(33)30-36(34)31(2)3)10-12-22(25)27(18-8-6-5-7-9-18)28(32)21-13-11-20(35-4)15-23(21)26(17)24;1-6(2)4(8)3(5)7/h10-15,17-18,24,26H,5-9,16H2,1-4H3,(H,30,33);1-2H3,(H2,5,7)/t17-,24?,26?,36?;/m1./s1. The maximum absolute atomic E-state index is 13.0. The lowest BCUT2D eigenvalue weighted by molar-refractivity contribution is -0.142. The molecule has 2 saturated carbocycles. The van der Waals surface area contributed by atoms with E-state index in [2.05, 4.69) is 46.2 Å². The Morgan fingerprint density at radius 1 is 1.02 bits per heavy atom. The molecule has 2 heterocycles. The Balaban J connectivity index is 0.000000426. The van der Waals surface area contributed by atoms with E-state index in [4.69, 9.17) is 4.74 Å². The molecular formula is C33H43N5O5S. The lowest BCUT2D eigenvalue weighted by atomic mass is 9.81.